The van der Waals surface area contributed by atoms with E-state index in [2.05, 4.69) is 17.2 Å². The summed E-state index contributed by atoms with van der Waals surface area (Å²) in [4.78, 5) is 0. The first-order valence-corrected chi connectivity index (χ1v) is 4.86. The number of hydrogen-bond donors (Lipinski definition) is 1. The Morgan fingerprint density at radius 2 is 2.50 bits per heavy atom. The molecule has 0 bridgehead atoms. The van der Waals surface area contributed by atoms with E-state index in [-0.39, 0.29) is 6.10 Å². The van der Waals surface area contributed by atoms with E-state index >= 15 is 0 Å². The standard InChI is InChI=1S/C10H12OS/c1-2-3-4-10(11)7-9-5-6-12-8-9/h5-6,8,10-11H,4,7H2,1H3. The second kappa shape index (κ2) is 4.97. The van der Waals surface area contributed by atoms with Gasteiger partial charge in [0.15, 0.2) is 0 Å². The van der Waals surface area contributed by atoms with Gasteiger partial charge in [-0.25, -0.2) is 0 Å². The van der Waals surface area contributed by atoms with E-state index < -0.39 is 0 Å². The van der Waals surface area contributed by atoms with Gasteiger partial charge in [-0.15, -0.1) is 11.8 Å². The van der Waals surface area contributed by atoms with Gasteiger partial charge in [0.2, 0.25) is 0 Å². The fourth-order valence-electron chi connectivity index (χ4n) is 0.973. The van der Waals surface area contributed by atoms with Crippen LogP contribution in [-0.4, -0.2) is 11.2 Å². The molecule has 1 aromatic heterocycles. The van der Waals surface area contributed by atoms with Gasteiger partial charge >= 0.3 is 0 Å². The summed E-state index contributed by atoms with van der Waals surface area (Å²) in [6.45, 7) is 1.79. The lowest BCUT2D eigenvalue weighted by Crippen LogP contribution is -2.08. The third-order valence-electron chi connectivity index (χ3n) is 1.57. The van der Waals surface area contributed by atoms with E-state index in [1.165, 1.54) is 5.56 Å². The van der Waals surface area contributed by atoms with Crippen LogP contribution in [0.1, 0.15) is 18.9 Å². The molecule has 1 heterocycles. The average Bonchev–Trinajstić information content (AvgIpc) is 2.53. The van der Waals surface area contributed by atoms with E-state index in [9.17, 15) is 5.11 Å². The Morgan fingerprint density at radius 3 is 3.08 bits per heavy atom. The third kappa shape index (κ3) is 3.08. The number of rotatable bonds is 3. The van der Waals surface area contributed by atoms with Crippen molar-refractivity contribution >= 4 is 11.3 Å². The summed E-state index contributed by atoms with van der Waals surface area (Å²) in [6, 6.07) is 2.03. The molecule has 1 N–H and O–H groups in total. The van der Waals surface area contributed by atoms with Crippen LogP contribution in [0.2, 0.25) is 0 Å². The molecule has 0 saturated heterocycles. The number of thiophene rings is 1. The fraction of sp³-hybridized carbons (Fsp3) is 0.400. The van der Waals surface area contributed by atoms with E-state index in [1.54, 1.807) is 18.3 Å². The first kappa shape index (κ1) is 9.31. The first-order valence-electron chi connectivity index (χ1n) is 3.91. The Kier molecular flexibility index (Phi) is 3.86. The third-order valence-corrected chi connectivity index (χ3v) is 2.30. The summed E-state index contributed by atoms with van der Waals surface area (Å²) in [5.41, 5.74) is 1.20. The molecule has 1 rings (SSSR count). The molecular formula is C10H12OS. The Hall–Kier alpha value is -0.780. The summed E-state index contributed by atoms with van der Waals surface area (Å²) >= 11 is 1.66. The van der Waals surface area contributed by atoms with Crippen molar-refractivity contribution in [3.8, 4) is 11.8 Å². The molecule has 0 fully saturated rings. The Bertz CT molecular complexity index is 266. The molecule has 12 heavy (non-hydrogen) atoms. The Morgan fingerprint density at radius 1 is 1.67 bits per heavy atom. The maximum Gasteiger partial charge on any atom is 0.0689 e. The summed E-state index contributed by atoms with van der Waals surface area (Å²) in [7, 11) is 0. The van der Waals surface area contributed by atoms with Gasteiger partial charge in [0, 0.05) is 12.8 Å². The Labute approximate surface area is 77.1 Å². The van der Waals surface area contributed by atoms with Crippen LogP contribution in [0.4, 0.5) is 0 Å². The van der Waals surface area contributed by atoms with Crippen molar-refractivity contribution in [3.05, 3.63) is 22.4 Å². The van der Waals surface area contributed by atoms with Crippen LogP contribution in [0.25, 0.3) is 0 Å². The molecule has 2 heteroatoms. The normalized spacial score (nSPS) is 11.8. The molecule has 1 aromatic rings. The first-order chi connectivity index (χ1) is 5.83. The van der Waals surface area contributed by atoms with Gasteiger partial charge in [-0.3, -0.25) is 0 Å². The second-order valence-electron chi connectivity index (χ2n) is 2.62. The topological polar surface area (TPSA) is 20.2 Å². The molecule has 0 spiro atoms. The van der Waals surface area contributed by atoms with Gasteiger partial charge in [-0.05, 0) is 29.3 Å². The molecule has 0 aromatic carbocycles. The van der Waals surface area contributed by atoms with E-state index in [0.717, 1.165) is 6.42 Å². The molecule has 0 aliphatic carbocycles. The average molecular weight is 180 g/mol. The largest absolute Gasteiger partial charge is 0.392 e. The van der Waals surface area contributed by atoms with Gasteiger partial charge in [0.05, 0.1) is 6.10 Å². The van der Waals surface area contributed by atoms with Crippen LogP contribution in [0, 0.1) is 11.8 Å². The van der Waals surface area contributed by atoms with Crippen molar-refractivity contribution in [2.45, 2.75) is 25.9 Å². The van der Waals surface area contributed by atoms with Crippen molar-refractivity contribution in [3.63, 3.8) is 0 Å². The lowest BCUT2D eigenvalue weighted by Gasteiger charge is -2.03. The second-order valence-corrected chi connectivity index (χ2v) is 3.40. The van der Waals surface area contributed by atoms with E-state index in [0.29, 0.717) is 6.42 Å². The van der Waals surface area contributed by atoms with Crippen molar-refractivity contribution < 1.29 is 5.11 Å². The summed E-state index contributed by atoms with van der Waals surface area (Å²) < 4.78 is 0. The molecule has 0 radical (unpaired) electrons. The molecule has 1 unspecified atom stereocenters. The van der Waals surface area contributed by atoms with Crippen LogP contribution in [-0.2, 0) is 6.42 Å². The molecule has 1 nitrogen and oxygen atoms in total. The molecule has 0 saturated carbocycles. The fourth-order valence-corrected chi connectivity index (χ4v) is 1.65. The van der Waals surface area contributed by atoms with Gasteiger partial charge in [-0.1, -0.05) is 0 Å². The molecule has 0 aliphatic rings. The lowest BCUT2D eigenvalue weighted by atomic mass is 10.1. The van der Waals surface area contributed by atoms with Gasteiger partial charge in [-0.2, -0.15) is 11.3 Å². The summed E-state index contributed by atoms with van der Waals surface area (Å²) in [5, 5.41) is 13.5. The monoisotopic (exact) mass is 180 g/mol. The minimum absolute atomic E-state index is 0.313. The van der Waals surface area contributed by atoms with Crippen LogP contribution in [0.3, 0.4) is 0 Å². The predicted octanol–water partition coefficient (Wildman–Crippen LogP) is 2.06. The highest BCUT2D eigenvalue weighted by atomic mass is 32.1. The maximum absolute atomic E-state index is 9.45. The number of aliphatic hydroxyl groups excluding tert-OH is 1. The molecule has 64 valence electrons. The van der Waals surface area contributed by atoms with Crippen molar-refractivity contribution in [2.75, 3.05) is 0 Å². The number of aliphatic hydroxyl groups is 1. The molecule has 0 aliphatic heterocycles. The lowest BCUT2D eigenvalue weighted by molar-refractivity contribution is 0.181. The SMILES string of the molecule is CC#CCC(O)Cc1ccsc1. The molecule has 0 amide bonds. The van der Waals surface area contributed by atoms with Crippen molar-refractivity contribution in [1.29, 1.82) is 0 Å². The minimum Gasteiger partial charge on any atom is -0.392 e. The van der Waals surface area contributed by atoms with Gasteiger partial charge in [0.1, 0.15) is 0 Å². The van der Waals surface area contributed by atoms with Crippen LogP contribution < -0.4 is 0 Å². The highest BCUT2D eigenvalue weighted by Crippen LogP contribution is 2.09. The highest BCUT2D eigenvalue weighted by molar-refractivity contribution is 7.07. The van der Waals surface area contributed by atoms with Crippen LogP contribution >= 0.6 is 11.3 Å². The minimum atomic E-state index is -0.313. The zero-order valence-corrected chi connectivity index (χ0v) is 7.90. The van der Waals surface area contributed by atoms with Crippen molar-refractivity contribution in [2.24, 2.45) is 0 Å². The molecular weight excluding hydrogens is 168 g/mol. The summed E-state index contributed by atoms with van der Waals surface area (Å²) in [5.74, 6) is 5.63. The number of hydrogen-bond acceptors (Lipinski definition) is 2. The zero-order valence-electron chi connectivity index (χ0n) is 7.08. The zero-order chi connectivity index (χ0) is 8.81. The van der Waals surface area contributed by atoms with Crippen LogP contribution in [0.15, 0.2) is 16.8 Å². The van der Waals surface area contributed by atoms with E-state index in [1.807, 2.05) is 11.4 Å². The molecule has 1 atom stereocenters. The van der Waals surface area contributed by atoms with E-state index in [4.69, 9.17) is 0 Å². The maximum atomic E-state index is 9.45. The van der Waals surface area contributed by atoms with Gasteiger partial charge in [0.25, 0.3) is 0 Å². The predicted molar refractivity (Wildman–Crippen MR) is 52.1 cm³/mol. The van der Waals surface area contributed by atoms with Gasteiger partial charge < -0.3 is 5.11 Å². The summed E-state index contributed by atoms with van der Waals surface area (Å²) in [6.07, 6.45) is 0.983. The highest BCUT2D eigenvalue weighted by Gasteiger charge is 2.03. The van der Waals surface area contributed by atoms with Crippen LogP contribution in [0.5, 0.6) is 0 Å². The van der Waals surface area contributed by atoms with Crippen molar-refractivity contribution in [1.82, 2.24) is 0 Å². The quantitative estimate of drug-likeness (QED) is 0.706. The smallest absolute Gasteiger partial charge is 0.0689 e. The Balaban J connectivity index is 2.35.